The Morgan fingerprint density at radius 2 is 2.00 bits per heavy atom. The van der Waals surface area contributed by atoms with E-state index in [1.807, 2.05) is 24.3 Å². The van der Waals surface area contributed by atoms with Crippen molar-refractivity contribution in [2.24, 2.45) is 5.92 Å². The second kappa shape index (κ2) is 9.88. The summed E-state index contributed by atoms with van der Waals surface area (Å²) in [7, 11) is -4.39. The Morgan fingerprint density at radius 1 is 1.24 bits per heavy atom. The molecule has 0 spiro atoms. The molecule has 12 heteroatoms. The summed E-state index contributed by atoms with van der Waals surface area (Å²) >= 11 is 6.79. The van der Waals surface area contributed by atoms with Crippen LogP contribution in [-0.2, 0) is 10.0 Å². The van der Waals surface area contributed by atoms with Crippen LogP contribution in [0.1, 0.15) is 23.7 Å². The maximum absolute atomic E-state index is 14.7. The maximum atomic E-state index is 14.7. The van der Waals surface area contributed by atoms with Gasteiger partial charge in [-0.25, -0.2) is 22.2 Å². The lowest BCUT2D eigenvalue weighted by atomic mass is 9.81. The molecule has 2 aromatic carbocycles. The zero-order valence-corrected chi connectivity index (χ0v) is 19.9. The highest BCUT2D eigenvalue weighted by molar-refractivity contribution is 7.93. The zero-order chi connectivity index (χ0) is 23.6. The van der Waals surface area contributed by atoms with Crippen LogP contribution in [0.3, 0.4) is 0 Å². The Bertz CT molecular complexity index is 1240. The molecule has 0 amide bonds. The fourth-order valence-corrected chi connectivity index (χ4v) is 5.78. The first-order valence-corrected chi connectivity index (χ1v) is 12.8. The van der Waals surface area contributed by atoms with E-state index in [0.29, 0.717) is 23.5 Å². The topological polar surface area (TPSA) is 93.2 Å². The first-order chi connectivity index (χ1) is 15.7. The lowest BCUT2D eigenvalue weighted by Gasteiger charge is -2.32. The molecule has 176 valence electrons. The Labute approximate surface area is 199 Å². The van der Waals surface area contributed by atoms with Crippen molar-refractivity contribution in [1.82, 2.24) is 14.7 Å². The quantitative estimate of drug-likeness (QED) is 0.487. The summed E-state index contributed by atoms with van der Waals surface area (Å²) in [6.07, 6.45) is 0.862. The van der Waals surface area contributed by atoms with Gasteiger partial charge >= 0.3 is 0 Å². The predicted octanol–water partition coefficient (Wildman–Crippen LogP) is 4.35. The van der Waals surface area contributed by atoms with Crippen LogP contribution in [0.5, 0.6) is 5.75 Å². The van der Waals surface area contributed by atoms with E-state index in [1.54, 1.807) is 6.92 Å². The van der Waals surface area contributed by atoms with Crippen LogP contribution in [0.4, 0.5) is 13.9 Å². The fraction of sp³-hybridized carbons (Fsp3) is 0.333. The van der Waals surface area contributed by atoms with Gasteiger partial charge in [0.25, 0.3) is 10.0 Å². The average molecular weight is 515 g/mol. The van der Waals surface area contributed by atoms with Gasteiger partial charge in [-0.3, -0.25) is 4.72 Å². The molecule has 1 fully saturated rings. The lowest BCUT2D eigenvalue weighted by Crippen LogP contribution is -2.38. The molecule has 2 atom stereocenters. The Kier molecular flexibility index (Phi) is 7.13. The van der Waals surface area contributed by atoms with Crippen molar-refractivity contribution in [2.75, 3.05) is 24.4 Å². The van der Waals surface area contributed by atoms with Crippen LogP contribution >= 0.6 is 23.1 Å². The largest absolute Gasteiger partial charge is 0.490 e. The summed E-state index contributed by atoms with van der Waals surface area (Å²) in [6.45, 7) is 3.20. The number of benzene rings is 2. The highest BCUT2D eigenvalue weighted by Crippen LogP contribution is 2.33. The van der Waals surface area contributed by atoms with Crippen molar-refractivity contribution in [3.63, 3.8) is 0 Å². The number of anilines is 1. The normalized spacial score (nSPS) is 18.8. The summed E-state index contributed by atoms with van der Waals surface area (Å²) in [4.78, 5) is 3.04. The monoisotopic (exact) mass is 514 g/mol. The van der Waals surface area contributed by atoms with Gasteiger partial charge in [0.05, 0.1) is 6.61 Å². The number of aryl methyl sites for hydroxylation is 1. The second-order valence-corrected chi connectivity index (χ2v) is 10.5. The SMILES string of the molecule is Cc1nsc(NS(=O)(=O)c2cc(F)c(OC[C@@H]3CNCC[C@H]3c3ccc(Cl)cc3)cc2F)n1. The van der Waals surface area contributed by atoms with E-state index in [9.17, 15) is 17.2 Å². The Morgan fingerprint density at radius 3 is 2.70 bits per heavy atom. The predicted molar refractivity (Wildman–Crippen MR) is 122 cm³/mol. The maximum Gasteiger partial charge on any atom is 0.266 e. The number of ether oxygens (including phenoxy) is 1. The van der Waals surface area contributed by atoms with Crippen molar-refractivity contribution < 1.29 is 21.9 Å². The van der Waals surface area contributed by atoms with Crippen molar-refractivity contribution in [2.45, 2.75) is 24.2 Å². The molecule has 1 saturated heterocycles. The molecule has 1 aliphatic rings. The lowest BCUT2D eigenvalue weighted by molar-refractivity contribution is 0.190. The molecule has 1 aromatic heterocycles. The highest BCUT2D eigenvalue weighted by atomic mass is 35.5. The minimum atomic E-state index is -4.39. The van der Waals surface area contributed by atoms with Gasteiger partial charge in [0.15, 0.2) is 11.6 Å². The minimum absolute atomic E-state index is 0.00750. The van der Waals surface area contributed by atoms with Crippen molar-refractivity contribution in [3.05, 3.63) is 64.4 Å². The third kappa shape index (κ3) is 5.60. The molecule has 0 saturated carbocycles. The zero-order valence-electron chi connectivity index (χ0n) is 17.5. The third-order valence-corrected chi connectivity index (χ3v) is 7.84. The molecule has 4 rings (SSSR count). The van der Waals surface area contributed by atoms with E-state index < -0.39 is 26.6 Å². The molecule has 0 bridgehead atoms. The molecule has 1 aliphatic heterocycles. The first-order valence-electron chi connectivity index (χ1n) is 10.1. The van der Waals surface area contributed by atoms with Crippen LogP contribution in [0.15, 0.2) is 41.3 Å². The first kappa shape index (κ1) is 23.8. The van der Waals surface area contributed by atoms with Gasteiger partial charge < -0.3 is 10.1 Å². The van der Waals surface area contributed by atoms with E-state index in [1.165, 1.54) is 0 Å². The summed E-state index contributed by atoms with van der Waals surface area (Å²) in [6, 6.07) is 8.92. The Hall–Kier alpha value is -2.34. The summed E-state index contributed by atoms with van der Waals surface area (Å²) in [5.41, 5.74) is 1.10. The number of sulfonamides is 1. The summed E-state index contributed by atoms with van der Waals surface area (Å²) in [5.74, 6) is -1.92. The average Bonchev–Trinajstić information content (AvgIpc) is 3.18. The van der Waals surface area contributed by atoms with E-state index in [-0.39, 0.29) is 29.3 Å². The number of hydrogen-bond donors (Lipinski definition) is 2. The Balaban J connectivity index is 1.49. The van der Waals surface area contributed by atoms with Crippen molar-refractivity contribution in [1.29, 1.82) is 0 Å². The summed E-state index contributed by atoms with van der Waals surface area (Å²) in [5, 5.41) is 3.90. The van der Waals surface area contributed by atoms with Crippen LogP contribution in [0.25, 0.3) is 0 Å². The molecule has 2 N–H and O–H groups in total. The van der Waals surface area contributed by atoms with E-state index in [0.717, 1.165) is 36.1 Å². The number of aromatic nitrogens is 2. The number of hydrogen-bond acceptors (Lipinski definition) is 7. The number of halogens is 3. The van der Waals surface area contributed by atoms with Crippen LogP contribution in [0, 0.1) is 24.5 Å². The van der Waals surface area contributed by atoms with E-state index in [4.69, 9.17) is 16.3 Å². The summed E-state index contributed by atoms with van der Waals surface area (Å²) < 4.78 is 65.9. The molecule has 0 aliphatic carbocycles. The second-order valence-electron chi connectivity index (χ2n) is 7.69. The van der Waals surface area contributed by atoms with Gasteiger partial charge in [0.2, 0.25) is 5.13 Å². The molecule has 33 heavy (non-hydrogen) atoms. The van der Waals surface area contributed by atoms with Crippen molar-refractivity contribution >= 4 is 38.3 Å². The molecule has 3 aromatic rings. The minimum Gasteiger partial charge on any atom is -0.490 e. The van der Waals surface area contributed by atoms with Gasteiger partial charge in [0.1, 0.15) is 16.5 Å². The number of piperidine rings is 1. The molecular weight excluding hydrogens is 494 g/mol. The van der Waals surface area contributed by atoms with Crippen LogP contribution in [-0.4, -0.2) is 37.5 Å². The fourth-order valence-electron chi connectivity index (χ4n) is 3.78. The standard InChI is InChI=1S/C21H21ClF2N4O3S2/c1-12-26-21(32-27-12)28-33(29,30)20-9-17(23)19(8-18(20)24)31-11-14-10-25-7-6-16(14)13-2-4-15(22)5-3-13/h2-5,8-9,14,16,25H,6-7,10-11H2,1H3,(H,26,27,28)/t14-,16-/m0/s1. The van der Waals surface area contributed by atoms with Gasteiger partial charge in [-0.1, -0.05) is 23.7 Å². The van der Waals surface area contributed by atoms with Crippen molar-refractivity contribution in [3.8, 4) is 5.75 Å². The number of rotatable bonds is 7. The molecule has 0 unspecified atom stereocenters. The smallest absolute Gasteiger partial charge is 0.266 e. The molecule has 2 heterocycles. The van der Waals surface area contributed by atoms with Gasteiger partial charge in [-0.15, -0.1) is 0 Å². The van der Waals surface area contributed by atoms with E-state index >= 15 is 0 Å². The van der Waals surface area contributed by atoms with Gasteiger partial charge in [-0.2, -0.15) is 4.37 Å². The molecular formula is C21H21ClF2N4O3S2. The molecule has 7 nitrogen and oxygen atoms in total. The highest BCUT2D eigenvalue weighted by Gasteiger charge is 2.28. The molecule has 0 radical (unpaired) electrons. The van der Waals surface area contributed by atoms with E-state index in [2.05, 4.69) is 19.4 Å². The van der Waals surface area contributed by atoms with Gasteiger partial charge in [0, 0.05) is 41.2 Å². The van der Waals surface area contributed by atoms with Crippen LogP contribution < -0.4 is 14.8 Å². The van der Waals surface area contributed by atoms with Crippen LogP contribution in [0.2, 0.25) is 5.02 Å². The third-order valence-electron chi connectivity index (χ3n) is 5.38. The van der Waals surface area contributed by atoms with Gasteiger partial charge in [-0.05, 0) is 43.5 Å². The number of nitrogens with zero attached hydrogens (tertiary/aromatic N) is 2. The number of nitrogens with one attached hydrogen (secondary N) is 2.